The summed E-state index contributed by atoms with van der Waals surface area (Å²) < 4.78 is 0. The first-order chi connectivity index (χ1) is 9.17. The SMILES string of the molecule is CC1(C)CCCC1(C1CCCCC1)C1CCCCC1. The van der Waals surface area contributed by atoms with Crippen LogP contribution < -0.4 is 0 Å². The molecule has 0 radical (unpaired) electrons. The van der Waals surface area contributed by atoms with Crippen molar-refractivity contribution >= 4 is 0 Å². The summed E-state index contributed by atoms with van der Waals surface area (Å²) in [5, 5.41) is 0. The predicted molar refractivity (Wildman–Crippen MR) is 83.2 cm³/mol. The molecule has 3 fully saturated rings. The van der Waals surface area contributed by atoms with Gasteiger partial charge in [-0.15, -0.1) is 0 Å². The van der Waals surface area contributed by atoms with Crippen LogP contribution in [0.5, 0.6) is 0 Å². The third-order valence-electron chi connectivity index (χ3n) is 7.32. The fraction of sp³-hybridized carbons (Fsp3) is 1.00. The van der Waals surface area contributed by atoms with E-state index in [9.17, 15) is 0 Å². The molecule has 0 aromatic rings. The molecule has 3 aliphatic rings. The van der Waals surface area contributed by atoms with E-state index in [0.29, 0.717) is 5.41 Å². The minimum absolute atomic E-state index is 0.622. The summed E-state index contributed by atoms with van der Waals surface area (Å²) in [5.41, 5.74) is 1.35. The molecule has 3 rings (SSSR count). The van der Waals surface area contributed by atoms with E-state index < -0.39 is 0 Å². The molecule has 0 heteroatoms. The van der Waals surface area contributed by atoms with Gasteiger partial charge in [-0.2, -0.15) is 0 Å². The van der Waals surface area contributed by atoms with Gasteiger partial charge in [0, 0.05) is 0 Å². The van der Waals surface area contributed by atoms with Crippen molar-refractivity contribution in [1.82, 2.24) is 0 Å². The monoisotopic (exact) mass is 262 g/mol. The van der Waals surface area contributed by atoms with Crippen LogP contribution in [0.1, 0.15) is 97.3 Å². The van der Waals surface area contributed by atoms with E-state index >= 15 is 0 Å². The van der Waals surface area contributed by atoms with Gasteiger partial charge in [-0.1, -0.05) is 58.8 Å². The second kappa shape index (κ2) is 5.41. The largest absolute Gasteiger partial charge is 0.0594 e. The molecule has 0 amide bonds. The molecule has 3 aliphatic carbocycles. The Morgan fingerprint density at radius 1 is 0.579 bits per heavy atom. The molecule has 0 nitrogen and oxygen atoms in total. The topological polar surface area (TPSA) is 0 Å². The Morgan fingerprint density at radius 3 is 1.42 bits per heavy atom. The molecular weight excluding hydrogens is 228 g/mol. The normalized spacial score (nSPS) is 32.5. The van der Waals surface area contributed by atoms with E-state index in [4.69, 9.17) is 0 Å². The third kappa shape index (κ3) is 2.28. The molecule has 0 aromatic heterocycles. The van der Waals surface area contributed by atoms with Crippen molar-refractivity contribution in [2.45, 2.75) is 97.3 Å². The average Bonchev–Trinajstić information content (AvgIpc) is 2.77. The molecule has 0 atom stereocenters. The van der Waals surface area contributed by atoms with Crippen LogP contribution in [0.25, 0.3) is 0 Å². The Hall–Kier alpha value is 0. The highest BCUT2D eigenvalue weighted by atomic mass is 14.6. The molecular formula is C19H34. The third-order valence-corrected chi connectivity index (χ3v) is 7.32. The van der Waals surface area contributed by atoms with Crippen molar-refractivity contribution in [3.8, 4) is 0 Å². The van der Waals surface area contributed by atoms with E-state index in [1.54, 1.807) is 32.1 Å². The number of hydrogen-bond donors (Lipinski definition) is 0. The van der Waals surface area contributed by atoms with Gasteiger partial charge >= 0.3 is 0 Å². The first-order valence-electron chi connectivity index (χ1n) is 9.17. The van der Waals surface area contributed by atoms with Gasteiger partial charge in [-0.05, 0) is 61.2 Å². The quantitative estimate of drug-likeness (QED) is 0.544. The molecule has 0 unspecified atom stereocenters. The maximum Gasteiger partial charge on any atom is -0.0190 e. The van der Waals surface area contributed by atoms with Crippen LogP contribution in [0.3, 0.4) is 0 Å². The van der Waals surface area contributed by atoms with E-state index in [1.165, 1.54) is 51.4 Å². The Morgan fingerprint density at radius 2 is 1.05 bits per heavy atom. The van der Waals surface area contributed by atoms with E-state index in [-0.39, 0.29) is 0 Å². The van der Waals surface area contributed by atoms with Crippen LogP contribution in [0.4, 0.5) is 0 Å². The maximum absolute atomic E-state index is 2.63. The first kappa shape index (κ1) is 14.0. The average molecular weight is 262 g/mol. The van der Waals surface area contributed by atoms with Gasteiger partial charge in [0.05, 0.1) is 0 Å². The fourth-order valence-electron chi connectivity index (χ4n) is 6.48. The minimum atomic E-state index is 0.622. The number of rotatable bonds is 2. The van der Waals surface area contributed by atoms with Crippen LogP contribution in [0.2, 0.25) is 0 Å². The lowest BCUT2D eigenvalue weighted by Gasteiger charge is -2.55. The standard InChI is InChI=1S/C19H34/c1-18(2)14-9-15-19(18,16-10-5-3-6-11-16)17-12-7-4-8-13-17/h16-17H,3-15H2,1-2H3. The fourth-order valence-corrected chi connectivity index (χ4v) is 6.48. The Labute approximate surface area is 120 Å². The summed E-state index contributed by atoms with van der Waals surface area (Å²) >= 11 is 0. The van der Waals surface area contributed by atoms with Crippen molar-refractivity contribution < 1.29 is 0 Å². The van der Waals surface area contributed by atoms with Crippen molar-refractivity contribution in [2.75, 3.05) is 0 Å². The molecule has 0 heterocycles. The van der Waals surface area contributed by atoms with Gasteiger partial charge in [0.2, 0.25) is 0 Å². The molecule has 0 saturated heterocycles. The molecule has 19 heavy (non-hydrogen) atoms. The van der Waals surface area contributed by atoms with Gasteiger partial charge in [-0.25, -0.2) is 0 Å². The summed E-state index contributed by atoms with van der Waals surface area (Å²) in [4.78, 5) is 0. The summed E-state index contributed by atoms with van der Waals surface area (Å²) in [7, 11) is 0. The van der Waals surface area contributed by atoms with Gasteiger partial charge in [0.25, 0.3) is 0 Å². The highest BCUT2D eigenvalue weighted by molar-refractivity contribution is 5.06. The smallest absolute Gasteiger partial charge is 0.0190 e. The predicted octanol–water partition coefficient (Wildman–Crippen LogP) is 6.34. The van der Waals surface area contributed by atoms with Gasteiger partial charge in [0.15, 0.2) is 0 Å². The highest BCUT2D eigenvalue weighted by Crippen LogP contribution is 2.65. The molecule has 0 spiro atoms. The lowest BCUT2D eigenvalue weighted by Crippen LogP contribution is -2.47. The van der Waals surface area contributed by atoms with Crippen molar-refractivity contribution in [3.63, 3.8) is 0 Å². The van der Waals surface area contributed by atoms with Crippen molar-refractivity contribution in [2.24, 2.45) is 22.7 Å². The number of hydrogen-bond acceptors (Lipinski definition) is 0. The Kier molecular flexibility index (Phi) is 3.98. The maximum atomic E-state index is 2.63. The zero-order chi connectivity index (χ0) is 13.3. The second-order valence-electron chi connectivity index (χ2n) is 8.45. The van der Waals surface area contributed by atoms with Crippen LogP contribution >= 0.6 is 0 Å². The summed E-state index contributed by atoms with van der Waals surface area (Å²) in [5.74, 6) is 2.14. The summed E-state index contributed by atoms with van der Waals surface area (Å²) in [6.45, 7) is 5.26. The summed E-state index contributed by atoms with van der Waals surface area (Å²) in [6, 6.07) is 0. The van der Waals surface area contributed by atoms with E-state index in [2.05, 4.69) is 13.8 Å². The second-order valence-corrected chi connectivity index (χ2v) is 8.45. The molecule has 0 aliphatic heterocycles. The van der Waals surface area contributed by atoms with Crippen LogP contribution in [-0.4, -0.2) is 0 Å². The van der Waals surface area contributed by atoms with Crippen molar-refractivity contribution in [1.29, 1.82) is 0 Å². The Balaban J connectivity index is 1.89. The van der Waals surface area contributed by atoms with Crippen molar-refractivity contribution in [3.05, 3.63) is 0 Å². The summed E-state index contributed by atoms with van der Waals surface area (Å²) in [6.07, 6.45) is 19.9. The van der Waals surface area contributed by atoms with Crippen LogP contribution in [-0.2, 0) is 0 Å². The molecule has 0 aromatic carbocycles. The minimum Gasteiger partial charge on any atom is -0.0594 e. The molecule has 110 valence electrons. The molecule has 0 N–H and O–H groups in total. The molecule has 3 saturated carbocycles. The lowest BCUT2D eigenvalue weighted by molar-refractivity contribution is -0.0577. The van der Waals surface area contributed by atoms with Gasteiger partial charge < -0.3 is 0 Å². The van der Waals surface area contributed by atoms with Crippen LogP contribution in [0.15, 0.2) is 0 Å². The van der Waals surface area contributed by atoms with Crippen LogP contribution in [0, 0.1) is 22.7 Å². The zero-order valence-corrected chi connectivity index (χ0v) is 13.3. The van der Waals surface area contributed by atoms with Gasteiger partial charge in [-0.3, -0.25) is 0 Å². The highest BCUT2D eigenvalue weighted by Gasteiger charge is 2.56. The first-order valence-corrected chi connectivity index (χ1v) is 9.17. The van der Waals surface area contributed by atoms with E-state index in [0.717, 1.165) is 17.3 Å². The zero-order valence-electron chi connectivity index (χ0n) is 13.3. The van der Waals surface area contributed by atoms with E-state index in [1.807, 2.05) is 0 Å². The Bertz CT molecular complexity index is 271. The lowest BCUT2D eigenvalue weighted by atomic mass is 9.50. The molecule has 0 bridgehead atoms. The van der Waals surface area contributed by atoms with Gasteiger partial charge in [0.1, 0.15) is 0 Å².